The topological polar surface area (TPSA) is 75.4 Å². The Bertz CT molecular complexity index is 955. The molecule has 1 aromatic heterocycles. The van der Waals surface area contributed by atoms with E-state index in [2.05, 4.69) is 28.7 Å². The van der Waals surface area contributed by atoms with E-state index in [-0.39, 0.29) is 23.4 Å². The average molecular weight is 432 g/mol. The van der Waals surface area contributed by atoms with Crippen molar-refractivity contribution in [3.05, 3.63) is 52.2 Å². The molecule has 8 heteroatoms. The summed E-state index contributed by atoms with van der Waals surface area (Å²) in [5.74, 6) is 0.850. The van der Waals surface area contributed by atoms with E-state index >= 15 is 0 Å². The highest BCUT2D eigenvalue weighted by atomic mass is 35.5. The number of benzene rings is 1. The van der Waals surface area contributed by atoms with Crippen molar-refractivity contribution in [2.24, 2.45) is 5.73 Å². The highest BCUT2D eigenvalue weighted by Crippen LogP contribution is 2.38. The Kier molecular flexibility index (Phi) is 5.93. The first-order valence-corrected chi connectivity index (χ1v) is 10.8. The molecular weight excluding hydrogens is 405 g/mol. The smallest absolute Gasteiger partial charge is 0.239 e. The summed E-state index contributed by atoms with van der Waals surface area (Å²) in [4.78, 5) is 26.1. The number of aryl methyl sites for hydroxylation is 1. The van der Waals surface area contributed by atoms with Gasteiger partial charge in [-0.3, -0.25) is 4.79 Å². The molecule has 0 bridgehead atoms. The van der Waals surface area contributed by atoms with Gasteiger partial charge in [0.15, 0.2) is 0 Å². The van der Waals surface area contributed by atoms with E-state index in [9.17, 15) is 9.18 Å². The third kappa shape index (κ3) is 4.01. The van der Waals surface area contributed by atoms with Crippen LogP contribution in [0.2, 0.25) is 5.02 Å². The number of nitrogens with zero attached hydrogens (tertiary/aromatic N) is 4. The van der Waals surface area contributed by atoms with E-state index < -0.39 is 11.9 Å². The van der Waals surface area contributed by atoms with Gasteiger partial charge in [-0.15, -0.1) is 0 Å². The summed E-state index contributed by atoms with van der Waals surface area (Å²) in [6, 6.07) is 3.94. The number of amides is 1. The summed E-state index contributed by atoms with van der Waals surface area (Å²) < 4.78 is 13.7. The van der Waals surface area contributed by atoms with Gasteiger partial charge >= 0.3 is 0 Å². The van der Waals surface area contributed by atoms with E-state index in [0.29, 0.717) is 31.1 Å². The molecule has 1 aliphatic carbocycles. The molecule has 0 spiro atoms. The van der Waals surface area contributed by atoms with Crippen LogP contribution < -0.4 is 10.6 Å². The fourth-order valence-electron chi connectivity index (χ4n) is 4.57. The molecule has 1 fully saturated rings. The van der Waals surface area contributed by atoms with Gasteiger partial charge in [0.05, 0.1) is 11.1 Å². The summed E-state index contributed by atoms with van der Waals surface area (Å²) in [5, 5.41) is 0.0640. The molecule has 2 aliphatic rings. The highest BCUT2D eigenvalue weighted by Gasteiger charge is 2.33. The molecule has 1 amide bonds. The van der Waals surface area contributed by atoms with Crippen LogP contribution in [0.25, 0.3) is 0 Å². The zero-order valence-electron chi connectivity index (χ0n) is 17.3. The molecule has 0 radical (unpaired) electrons. The molecule has 1 aliphatic heterocycles. The zero-order chi connectivity index (χ0) is 21.4. The molecule has 1 aromatic carbocycles. The maximum atomic E-state index is 13.7. The second-order valence-electron chi connectivity index (χ2n) is 8.38. The van der Waals surface area contributed by atoms with Crippen molar-refractivity contribution < 1.29 is 9.18 Å². The Morgan fingerprint density at radius 2 is 2.13 bits per heavy atom. The van der Waals surface area contributed by atoms with E-state index in [4.69, 9.17) is 17.3 Å². The Hall–Kier alpha value is -2.25. The van der Waals surface area contributed by atoms with E-state index in [0.717, 1.165) is 24.4 Å². The van der Waals surface area contributed by atoms with Gasteiger partial charge < -0.3 is 15.5 Å². The summed E-state index contributed by atoms with van der Waals surface area (Å²) in [7, 11) is 0. The lowest BCUT2D eigenvalue weighted by Gasteiger charge is -2.42. The van der Waals surface area contributed by atoms with Crippen LogP contribution in [-0.2, 0) is 17.6 Å². The lowest BCUT2D eigenvalue weighted by molar-refractivity contribution is -0.133. The molecule has 3 atom stereocenters. The average Bonchev–Trinajstić information content (AvgIpc) is 3.11. The molecule has 6 nitrogen and oxygen atoms in total. The zero-order valence-corrected chi connectivity index (χ0v) is 18.1. The van der Waals surface area contributed by atoms with Gasteiger partial charge in [-0.25, -0.2) is 14.4 Å². The first-order chi connectivity index (χ1) is 14.3. The Labute approximate surface area is 181 Å². The first-order valence-electron chi connectivity index (χ1n) is 10.4. The molecule has 30 heavy (non-hydrogen) atoms. The lowest BCUT2D eigenvalue weighted by Crippen LogP contribution is -2.57. The number of carbonyl (C=O) groups is 1. The summed E-state index contributed by atoms with van der Waals surface area (Å²) in [6.45, 7) is 6.19. The van der Waals surface area contributed by atoms with Crippen molar-refractivity contribution in [3.8, 4) is 0 Å². The maximum Gasteiger partial charge on any atom is 0.239 e. The SMILES string of the molecule is CC1CCc2ncnc(N3CCN(C(=O)C(N)Cc4ccc(Cl)c(F)c4)C[C@@H]3C)c21. The van der Waals surface area contributed by atoms with Crippen molar-refractivity contribution in [1.29, 1.82) is 0 Å². The molecule has 1 saturated heterocycles. The molecule has 2 aromatic rings. The number of halogens is 2. The van der Waals surface area contributed by atoms with Crippen LogP contribution in [-0.4, -0.2) is 52.5 Å². The van der Waals surface area contributed by atoms with Gasteiger partial charge in [0, 0.05) is 36.9 Å². The maximum absolute atomic E-state index is 13.7. The van der Waals surface area contributed by atoms with Crippen molar-refractivity contribution in [2.45, 2.75) is 51.1 Å². The fraction of sp³-hybridized carbons (Fsp3) is 0.500. The van der Waals surface area contributed by atoms with Crippen molar-refractivity contribution in [1.82, 2.24) is 14.9 Å². The van der Waals surface area contributed by atoms with Crippen LogP contribution in [0.5, 0.6) is 0 Å². The minimum Gasteiger partial charge on any atom is -0.350 e. The van der Waals surface area contributed by atoms with Crippen molar-refractivity contribution in [2.75, 3.05) is 24.5 Å². The van der Waals surface area contributed by atoms with Crippen LogP contribution in [0, 0.1) is 5.82 Å². The molecule has 2 heterocycles. The Morgan fingerprint density at radius 1 is 1.33 bits per heavy atom. The highest BCUT2D eigenvalue weighted by molar-refractivity contribution is 6.30. The number of hydrogen-bond acceptors (Lipinski definition) is 5. The number of piperazine rings is 1. The molecule has 2 N–H and O–H groups in total. The van der Waals surface area contributed by atoms with E-state index in [1.165, 1.54) is 17.7 Å². The number of rotatable bonds is 4. The van der Waals surface area contributed by atoms with E-state index in [1.54, 1.807) is 12.4 Å². The molecule has 160 valence electrons. The predicted octanol–water partition coefficient (Wildman–Crippen LogP) is 2.93. The second-order valence-corrected chi connectivity index (χ2v) is 8.79. The van der Waals surface area contributed by atoms with Crippen molar-refractivity contribution >= 4 is 23.3 Å². The van der Waals surface area contributed by atoms with Crippen LogP contribution >= 0.6 is 11.6 Å². The monoisotopic (exact) mass is 431 g/mol. The van der Waals surface area contributed by atoms with Gasteiger partial charge in [-0.05, 0) is 49.8 Å². The largest absolute Gasteiger partial charge is 0.350 e. The third-order valence-electron chi connectivity index (χ3n) is 6.22. The summed E-state index contributed by atoms with van der Waals surface area (Å²) in [5.41, 5.74) is 9.24. The second kappa shape index (κ2) is 8.47. The number of anilines is 1. The van der Waals surface area contributed by atoms with E-state index in [1.807, 2.05) is 4.90 Å². The van der Waals surface area contributed by atoms with Gasteiger partial charge in [0.2, 0.25) is 5.91 Å². The Morgan fingerprint density at radius 3 is 2.87 bits per heavy atom. The van der Waals surface area contributed by atoms with Gasteiger partial charge in [0.25, 0.3) is 0 Å². The number of carbonyl (C=O) groups excluding carboxylic acids is 1. The van der Waals surface area contributed by atoms with Crippen LogP contribution in [0.15, 0.2) is 24.5 Å². The van der Waals surface area contributed by atoms with Crippen LogP contribution in [0.4, 0.5) is 10.2 Å². The third-order valence-corrected chi connectivity index (χ3v) is 6.53. The minimum absolute atomic E-state index is 0.0640. The first kappa shape index (κ1) is 21.0. The van der Waals surface area contributed by atoms with Crippen LogP contribution in [0.1, 0.15) is 43.0 Å². The molecular formula is C22H27ClFN5O. The summed E-state index contributed by atoms with van der Waals surface area (Å²) in [6.07, 6.45) is 4.03. The number of nitrogens with two attached hydrogens (primary N) is 1. The lowest BCUT2D eigenvalue weighted by atomic mass is 10.0. The number of fused-ring (bicyclic) bond motifs is 1. The quantitative estimate of drug-likeness (QED) is 0.805. The molecule has 4 rings (SSSR count). The Balaban J connectivity index is 1.42. The normalized spacial score (nSPS) is 22.2. The van der Waals surface area contributed by atoms with Crippen molar-refractivity contribution in [3.63, 3.8) is 0 Å². The number of hydrogen-bond donors (Lipinski definition) is 1. The fourth-order valence-corrected chi connectivity index (χ4v) is 4.68. The van der Waals surface area contributed by atoms with Gasteiger partial charge in [-0.1, -0.05) is 24.6 Å². The molecule has 0 saturated carbocycles. The van der Waals surface area contributed by atoms with Gasteiger partial charge in [0.1, 0.15) is 18.0 Å². The predicted molar refractivity (Wildman–Crippen MR) is 115 cm³/mol. The standard InChI is InChI=1S/C22H27ClFN5O/c1-13-3-6-19-20(13)21(27-12-26-19)29-8-7-28(11-14(29)2)22(30)18(25)10-15-4-5-16(23)17(24)9-15/h4-5,9,12-14,18H,3,6-8,10-11,25H2,1-2H3/t13?,14-,18?/m0/s1. The summed E-state index contributed by atoms with van der Waals surface area (Å²) >= 11 is 5.73. The molecule has 2 unspecified atom stereocenters. The minimum atomic E-state index is -0.715. The van der Waals surface area contributed by atoms with Gasteiger partial charge in [-0.2, -0.15) is 0 Å². The number of aromatic nitrogens is 2. The van der Waals surface area contributed by atoms with Crippen LogP contribution in [0.3, 0.4) is 0 Å².